The van der Waals surface area contributed by atoms with E-state index in [0.29, 0.717) is 24.8 Å². The van der Waals surface area contributed by atoms with Crippen LogP contribution >= 0.6 is 12.4 Å². The molecule has 0 spiro atoms. The van der Waals surface area contributed by atoms with E-state index in [4.69, 9.17) is 0 Å². The average molecular weight is 325 g/mol. The fourth-order valence-electron chi connectivity index (χ4n) is 2.78. The molecule has 0 bridgehead atoms. The van der Waals surface area contributed by atoms with Crippen LogP contribution in [0.3, 0.4) is 0 Å². The largest absolute Gasteiger partial charge is 0.346 e. The molecule has 7 nitrogen and oxygen atoms in total. The lowest BCUT2D eigenvalue weighted by atomic mass is 9.99. The van der Waals surface area contributed by atoms with Gasteiger partial charge in [0.05, 0.1) is 0 Å². The third kappa shape index (κ3) is 3.36. The van der Waals surface area contributed by atoms with E-state index in [1.54, 1.807) is 23.0 Å². The number of piperidine rings is 1. The molecular weight excluding hydrogens is 304 g/mol. The molecule has 1 aliphatic heterocycles. The average Bonchev–Trinajstić information content (AvgIpc) is 2.85. The Hall–Kier alpha value is -1.73. The van der Waals surface area contributed by atoms with E-state index in [2.05, 4.69) is 20.4 Å². The zero-order valence-corrected chi connectivity index (χ0v) is 13.4. The second kappa shape index (κ2) is 7.51. The third-order valence-electron chi connectivity index (χ3n) is 3.84. The highest BCUT2D eigenvalue weighted by molar-refractivity contribution is 5.85. The number of hydrogen-bond acceptors (Lipinski definition) is 5. The topological polar surface area (TPSA) is 77.6 Å². The molecule has 2 aromatic rings. The number of nitrogens with zero attached hydrogens (tertiary/aromatic N) is 5. The van der Waals surface area contributed by atoms with Gasteiger partial charge in [-0.15, -0.1) is 12.4 Å². The van der Waals surface area contributed by atoms with E-state index in [0.717, 1.165) is 31.8 Å². The highest BCUT2D eigenvalue weighted by atomic mass is 35.5. The van der Waals surface area contributed by atoms with Gasteiger partial charge in [-0.3, -0.25) is 4.57 Å². The quantitative estimate of drug-likeness (QED) is 0.899. The van der Waals surface area contributed by atoms with Crippen LogP contribution in [0, 0.1) is 0 Å². The maximum Gasteiger partial charge on any atom is 0.346 e. The Kier molecular flexibility index (Phi) is 5.68. The van der Waals surface area contributed by atoms with Crippen LogP contribution in [-0.4, -0.2) is 37.4 Å². The first kappa shape index (κ1) is 16.6. The van der Waals surface area contributed by atoms with Gasteiger partial charge in [0, 0.05) is 31.4 Å². The summed E-state index contributed by atoms with van der Waals surface area (Å²) in [6.45, 7) is 4.87. The third-order valence-corrected chi connectivity index (χ3v) is 3.84. The number of nitrogens with one attached hydrogen (secondary N) is 1. The molecule has 0 aliphatic carbocycles. The molecule has 8 heteroatoms. The smallest absolute Gasteiger partial charge is 0.316 e. The van der Waals surface area contributed by atoms with Crippen molar-refractivity contribution in [1.82, 2.24) is 29.6 Å². The number of aromatic nitrogens is 5. The lowest BCUT2D eigenvalue weighted by Gasteiger charge is -2.21. The van der Waals surface area contributed by atoms with Crippen molar-refractivity contribution in [2.45, 2.75) is 38.8 Å². The van der Waals surface area contributed by atoms with Crippen molar-refractivity contribution in [3.63, 3.8) is 0 Å². The Labute approximate surface area is 135 Å². The van der Waals surface area contributed by atoms with Crippen LogP contribution in [0.5, 0.6) is 0 Å². The van der Waals surface area contributed by atoms with Gasteiger partial charge in [0.2, 0.25) is 0 Å². The van der Waals surface area contributed by atoms with E-state index in [1.165, 1.54) is 4.68 Å². The molecule has 1 aliphatic rings. The van der Waals surface area contributed by atoms with Crippen molar-refractivity contribution in [2.75, 3.05) is 13.1 Å². The molecule has 0 saturated carbocycles. The van der Waals surface area contributed by atoms with E-state index in [-0.39, 0.29) is 18.1 Å². The van der Waals surface area contributed by atoms with E-state index < -0.39 is 0 Å². The Bertz CT molecular complexity index is 647. The van der Waals surface area contributed by atoms with Gasteiger partial charge in [-0.25, -0.2) is 19.4 Å². The predicted molar refractivity (Wildman–Crippen MR) is 85.4 cm³/mol. The van der Waals surface area contributed by atoms with Gasteiger partial charge in [0.1, 0.15) is 18.2 Å². The maximum atomic E-state index is 12.5. The minimum absolute atomic E-state index is 0. The Balaban J connectivity index is 0.00000176. The fourth-order valence-corrected chi connectivity index (χ4v) is 2.78. The van der Waals surface area contributed by atoms with Crippen LogP contribution in [-0.2, 0) is 13.1 Å². The van der Waals surface area contributed by atoms with Gasteiger partial charge in [-0.05, 0) is 32.4 Å². The zero-order valence-electron chi connectivity index (χ0n) is 12.6. The highest BCUT2D eigenvalue weighted by Gasteiger charge is 2.23. The van der Waals surface area contributed by atoms with E-state index >= 15 is 0 Å². The molecular formula is C14H21ClN6O. The lowest BCUT2D eigenvalue weighted by molar-refractivity contribution is 0.431. The molecule has 1 fully saturated rings. The molecule has 1 atom stereocenters. The van der Waals surface area contributed by atoms with Crippen LogP contribution in [0.2, 0.25) is 0 Å². The number of halogens is 1. The second-order valence-electron chi connectivity index (χ2n) is 5.25. The summed E-state index contributed by atoms with van der Waals surface area (Å²) in [5.74, 6) is 1.80. The molecule has 2 aromatic heterocycles. The van der Waals surface area contributed by atoms with Crippen molar-refractivity contribution in [1.29, 1.82) is 0 Å². The molecule has 3 rings (SSSR count). The first-order valence-electron chi connectivity index (χ1n) is 7.43. The van der Waals surface area contributed by atoms with Crippen LogP contribution in [0.15, 0.2) is 23.3 Å². The molecule has 22 heavy (non-hydrogen) atoms. The van der Waals surface area contributed by atoms with Crippen molar-refractivity contribution < 1.29 is 0 Å². The molecule has 1 unspecified atom stereocenters. The van der Waals surface area contributed by atoms with Crippen LogP contribution in [0.25, 0.3) is 0 Å². The summed E-state index contributed by atoms with van der Waals surface area (Å²) in [5.41, 5.74) is -0.0782. The Morgan fingerprint density at radius 1 is 1.36 bits per heavy atom. The SMILES string of the molecule is CCn1c(C2CCCNC2)nn(Cc2ncccn2)c1=O.Cl. The molecule has 3 heterocycles. The number of hydrogen-bond donors (Lipinski definition) is 1. The molecule has 120 valence electrons. The molecule has 0 aromatic carbocycles. The Morgan fingerprint density at radius 2 is 2.14 bits per heavy atom. The summed E-state index contributed by atoms with van der Waals surface area (Å²) in [5, 5.41) is 7.92. The summed E-state index contributed by atoms with van der Waals surface area (Å²) >= 11 is 0. The van der Waals surface area contributed by atoms with Gasteiger partial charge in [0.15, 0.2) is 0 Å². The summed E-state index contributed by atoms with van der Waals surface area (Å²) < 4.78 is 3.24. The van der Waals surface area contributed by atoms with Gasteiger partial charge in [-0.1, -0.05) is 0 Å². The molecule has 1 N–H and O–H groups in total. The van der Waals surface area contributed by atoms with Gasteiger partial charge < -0.3 is 5.32 Å². The standard InChI is InChI=1S/C14H20N6O.ClH/c1-2-19-13(11-5-3-6-15-9-11)18-20(14(19)21)10-12-16-7-4-8-17-12;/h4,7-8,11,15H,2-3,5-6,9-10H2,1H3;1H. The molecule has 0 radical (unpaired) electrons. The van der Waals surface area contributed by atoms with E-state index in [1.807, 2.05) is 6.92 Å². The maximum absolute atomic E-state index is 12.5. The van der Waals surface area contributed by atoms with Crippen LogP contribution < -0.4 is 11.0 Å². The summed E-state index contributed by atoms with van der Waals surface area (Å²) in [4.78, 5) is 20.8. The number of rotatable bonds is 4. The summed E-state index contributed by atoms with van der Waals surface area (Å²) in [6.07, 6.45) is 5.55. The zero-order chi connectivity index (χ0) is 14.7. The predicted octanol–water partition coefficient (Wildman–Crippen LogP) is 0.792. The minimum Gasteiger partial charge on any atom is -0.316 e. The van der Waals surface area contributed by atoms with Crippen molar-refractivity contribution in [2.24, 2.45) is 0 Å². The Morgan fingerprint density at radius 3 is 2.77 bits per heavy atom. The highest BCUT2D eigenvalue weighted by Crippen LogP contribution is 2.20. The van der Waals surface area contributed by atoms with Gasteiger partial charge >= 0.3 is 5.69 Å². The minimum atomic E-state index is -0.0782. The molecule has 0 amide bonds. The van der Waals surface area contributed by atoms with Crippen molar-refractivity contribution >= 4 is 12.4 Å². The van der Waals surface area contributed by atoms with Crippen molar-refractivity contribution in [3.8, 4) is 0 Å². The van der Waals surface area contributed by atoms with E-state index in [9.17, 15) is 4.79 Å². The van der Waals surface area contributed by atoms with Gasteiger partial charge in [-0.2, -0.15) is 5.10 Å². The lowest BCUT2D eigenvalue weighted by Crippen LogP contribution is -2.31. The summed E-state index contributed by atoms with van der Waals surface area (Å²) in [6, 6.07) is 1.76. The first-order chi connectivity index (χ1) is 10.3. The second-order valence-corrected chi connectivity index (χ2v) is 5.25. The van der Waals surface area contributed by atoms with Crippen LogP contribution in [0.4, 0.5) is 0 Å². The van der Waals surface area contributed by atoms with Crippen LogP contribution in [0.1, 0.15) is 37.3 Å². The van der Waals surface area contributed by atoms with Crippen molar-refractivity contribution in [3.05, 3.63) is 40.6 Å². The normalized spacial score (nSPS) is 18.0. The first-order valence-corrected chi connectivity index (χ1v) is 7.43. The van der Waals surface area contributed by atoms with Gasteiger partial charge in [0.25, 0.3) is 0 Å². The fraction of sp³-hybridized carbons (Fsp3) is 0.571. The monoisotopic (exact) mass is 324 g/mol. The summed E-state index contributed by atoms with van der Waals surface area (Å²) in [7, 11) is 0. The molecule has 1 saturated heterocycles.